The van der Waals surface area contributed by atoms with Crippen molar-refractivity contribution in [2.75, 3.05) is 0 Å². The van der Waals surface area contributed by atoms with Crippen molar-refractivity contribution in [1.82, 2.24) is 10.3 Å². The van der Waals surface area contributed by atoms with Crippen LogP contribution < -0.4 is 5.32 Å². The van der Waals surface area contributed by atoms with Crippen LogP contribution in [0.2, 0.25) is 5.02 Å². The van der Waals surface area contributed by atoms with Gasteiger partial charge in [-0.1, -0.05) is 11.6 Å². The van der Waals surface area contributed by atoms with Crippen molar-refractivity contribution in [1.29, 1.82) is 0 Å². The number of hydrogen-bond acceptors (Lipinski definition) is 3. The lowest BCUT2D eigenvalue weighted by Crippen LogP contribution is -2.23. The molecule has 0 saturated heterocycles. The molecule has 3 nitrogen and oxygen atoms in total. The molecule has 0 saturated carbocycles. The van der Waals surface area contributed by atoms with Gasteiger partial charge in [-0.05, 0) is 41.8 Å². The molecule has 18 heavy (non-hydrogen) atoms. The summed E-state index contributed by atoms with van der Waals surface area (Å²) in [5.74, 6) is -0.196. The van der Waals surface area contributed by atoms with Crippen LogP contribution in [0.5, 0.6) is 0 Å². The topological polar surface area (TPSA) is 42.0 Å². The summed E-state index contributed by atoms with van der Waals surface area (Å²) >= 11 is 7.65. The molecule has 2 rings (SSSR count). The number of aryl methyl sites for hydroxylation is 2. The first-order valence-electron chi connectivity index (χ1n) is 5.50. The summed E-state index contributed by atoms with van der Waals surface area (Å²) in [5, 5.41) is 7.37. The second-order valence-electron chi connectivity index (χ2n) is 4.07. The van der Waals surface area contributed by atoms with Crippen LogP contribution in [-0.4, -0.2) is 10.9 Å². The third kappa shape index (κ3) is 2.89. The maximum absolute atomic E-state index is 12.0. The normalized spacial score (nSPS) is 10.4. The van der Waals surface area contributed by atoms with Crippen LogP contribution in [0.1, 0.15) is 27.2 Å². The highest BCUT2D eigenvalue weighted by Crippen LogP contribution is 2.17. The molecule has 0 atom stereocenters. The quantitative estimate of drug-likeness (QED) is 0.937. The molecule has 0 unspecified atom stereocenters. The number of carbonyl (C=O) groups is 1. The highest BCUT2D eigenvalue weighted by molar-refractivity contribution is 7.08. The van der Waals surface area contributed by atoms with Crippen LogP contribution >= 0.6 is 22.9 Å². The predicted octanol–water partition coefficient (Wildman–Crippen LogP) is 3.34. The monoisotopic (exact) mass is 280 g/mol. The lowest BCUT2D eigenvalue weighted by Gasteiger charge is -2.06. The maximum Gasteiger partial charge on any atom is 0.254 e. The molecule has 5 heteroatoms. The fraction of sp³-hybridized carbons (Fsp3) is 0.231. The molecule has 0 fully saturated rings. The Labute approximate surface area is 115 Å². The van der Waals surface area contributed by atoms with Gasteiger partial charge in [-0.25, -0.2) is 0 Å². The second-order valence-corrected chi connectivity index (χ2v) is 5.22. The van der Waals surface area contributed by atoms with Crippen molar-refractivity contribution in [3.8, 4) is 0 Å². The van der Waals surface area contributed by atoms with Crippen LogP contribution in [-0.2, 0) is 6.54 Å². The lowest BCUT2D eigenvalue weighted by atomic mass is 10.2. The minimum Gasteiger partial charge on any atom is -0.348 e. The summed E-state index contributed by atoms with van der Waals surface area (Å²) in [4.78, 5) is 16.0. The summed E-state index contributed by atoms with van der Waals surface area (Å²) < 4.78 is 0. The number of nitrogens with one attached hydrogen (secondary N) is 1. The van der Waals surface area contributed by atoms with Crippen molar-refractivity contribution < 1.29 is 4.79 Å². The van der Waals surface area contributed by atoms with Crippen molar-refractivity contribution in [2.45, 2.75) is 20.4 Å². The first-order chi connectivity index (χ1) is 8.58. The second kappa shape index (κ2) is 5.50. The van der Waals surface area contributed by atoms with Crippen LogP contribution in [0.3, 0.4) is 0 Å². The third-order valence-corrected chi connectivity index (χ3v) is 3.86. The van der Waals surface area contributed by atoms with Crippen molar-refractivity contribution in [3.63, 3.8) is 0 Å². The zero-order valence-electron chi connectivity index (χ0n) is 10.2. The molecule has 0 aliphatic heterocycles. The molecule has 0 bridgehead atoms. The van der Waals surface area contributed by atoms with E-state index in [2.05, 4.69) is 15.7 Å². The van der Waals surface area contributed by atoms with E-state index in [4.69, 9.17) is 11.6 Å². The van der Waals surface area contributed by atoms with E-state index in [1.807, 2.05) is 19.2 Å². The molecule has 0 radical (unpaired) electrons. The van der Waals surface area contributed by atoms with Gasteiger partial charge in [0.15, 0.2) is 0 Å². The number of thiophene rings is 1. The largest absolute Gasteiger partial charge is 0.348 e. The minimum absolute atomic E-state index is 0.196. The molecule has 94 valence electrons. The molecule has 2 aromatic rings. The Hall–Kier alpha value is -1.39. The Balaban J connectivity index is 2.06. The fourth-order valence-corrected chi connectivity index (χ4v) is 2.68. The van der Waals surface area contributed by atoms with Crippen molar-refractivity contribution in [2.24, 2.45) is 0 Å². The first-order valence-corrected chi connectivity index (χ1v) is 6.82. The summed E-state index contributed by atoms with van der Waals surface area (Å²) in [5.41, 5.74) is 3.53. The van der Waals surface area contributed by atoms with E-state index in [1.54, 1.807) is 17.4 Å². The maximum atomic E-state index is 12.0. The lowest BCUT2D eigenvalue weighted by molar-refractivity contribution is 0.0950. The SMILES string of the molecule is Cc1cc(Cl)c(C(=O)NCc2cscc2C)cn1. The van der Waals surface area contributed by atoms with Gasteiger partial charge in [0.2, 0.25) is 0 Å². The van der Waals surface area contributed by atoms with Gasteiger partial charge in [-0.2, -0.15) is 11.3 Å². The van der Waals surface area contributed by atoms with E-state index in [1.165, 1.54) is 11.8 Å². The number of amides is 1. The number of carbonyl (C=O) groups excluding carboxylic acids is 1. The molecule has 2 aromatic heterocycles. The molecular formula is C13H13ClN2OS. The standard InChI is InChI=1S/C13H13ClN2OS/c1-8-6-18-7-10(8)4-16-13(17)11-5-15-9(2)3-12(11)14/h3,5-7H,4H2,1-2H3,(H,16,17). The van der Waals surface area contributed by atoms with Crippen LogP contribution in [0.4, 0.5) is 0 Å². The molecule has 0 aliphatic carbocycles. The van der Waals surface area contributed by atoms with Gasteiger partial charge in [0.25, 0.3) is 5.91 Å². The Kier molecular flexibility index (Phi) is 3.99. The van der Waals surface area contributed by atoms with Crippen LogP contribution in [0, 0.1) is 13.8 Å². The molecule has 0 aromatic carbocycles. The van der Waals surface area contributed by atoms with Gasteiger partial charge < -0.3 is 5.32 Å². The zero-order chi connectivity index (χ0) is 13.1. The van der Waals surface area contributed by atoms with Crippen LogP contribution in [0.15, 0.2) is 23.0 Å². The number of pyridine rings is 1. The number of rotatable bonds is 3. The van der Waals surface area contributed by atoms with Crippen LogP contribution in [0.25, 0.3) is 0 Å². The number of nitrogens with zero attached hydrogens (tertiary/aromatic N) is 1. The van der Waals surface area contributed by atoms with E-state index < -0.39 is 0 Å². The average molecular weight is 281 g/mol. The summed E-state index contributed by atoms with van der Waals surface area (Å²) in [6.45, 7) is 4.37. The van der Waals surface area contributed by atoms with Gasteiger partial charge >= 0.3 is 0 Å². The molecular weight excluding hydrogens is 268 g/mol. The van der Waals surface area contributed by atoms with Gasteiger partial charge in [-0.3, -0.25) is 9.78 Å². The smallest absolute Gasteiger partial charge is 0.254 e. The Bertz CT molecular complexity index is 580. The Morgan fingerprint density at radius 3 is 2.83 bits per heavy atom. The first kappa shape index (κ1) is 13.1. The van der Waals surface area contributed by atoms with E-state index in [0.717, 1.165) is 11.3 Å². The number of halogens is 1. The zero-order valence-corrected chi connectivity index (χ0v) is 11.7. The van der Waals surface area contributed by atoms with E-state index in [-0.39, 0.29) is 5.91 Å². The van der Waals surface area contributed by atoms with Gasteiger partial charge in [0.05, 0.1) is 10.6 Å². The number of hydrogen-bond donors (Lipinski definition) is 1. The Morgan fingerprint density at radius 2 is 2.22 bits per heavy atom. The molecule has 1 N–H and O–H groups in total. The van der Waals surface area contributed by atoms with E-state index >= 15 is 0 Å². The minimum atomic E-state index is -0.196. The average Bonchev–Trinajstić information content (AvgIpc) is 2.72. The van der Waals surface area contributed by atoms with Gasteiger partial charge in [0.1, 0.15) is 0 Å². The summed E-state index contributed by atoms with van der Waals surface area (Å²) in [6.07, 6.45) is 1.51. The molecule has 0 aliphatic rings. The van der Waals surface area contributed by atoms with Gasteiger partial charge in [-0.15, -0.1) is 0 Å². The third-order valence-electron chi connectivity index (χ3n) is 2.64. The number of aromatic nitrogens is 1. The van der Waals surface area contributed by atoms with Crippen molar-refractivity contribution in [3.05, 3.63) is 50.4 Å². The highest BCUT2D eigenvalue weighted by atomic mass is 35.5. The van der Waals surface area contributed by atoms with Gasteiger partial charge in [0, 0.05) is 18.4 Å². The molecule has 0 spiro atoms. The fourth-order valence-electron chi connectivity index (χ4n) is 1.53. The molecule has 2 heterocycles. The summed E-state index contributed by atoms with van der Waals surface area (Å²) in [7, 11) is 0. The summed E-state index contributed by atoms with van der Waals surface area (Å²) in [6, 6.07) is 1.69. The highest BCUT2D eigenvalue weighted by Gasteiger charge is 2.11. The predicted molar refractivity (Wildman–Crippen MR) is 74.2 cm³/mol. The van der Waals surface area contributed by atoms with Crippen molar-refractivity contribution >= 4 is 28.8 Å². The Morgan fingerprint density at radius 1 is 1.44 bits per heavy atom. The molecule has 1 amide bonds. The van der Waals surface area contributed by atoms with E-state index in [9.17, 15) is 4.79 Å². The van der Waals surface area contributed by atoms with E-state index in [0.29, 0.717) is 17.1 Å².